The zero-order valence-corrected chi connectivity index (χ0v) is 9.78. The van der Waals surface area contributed by atoms with Crippen LogP contribution in [0.15, 0.2) is 29.0 Å². The normalized spacial score (nSPS) is 19.9. The van der Waals surface area contributed by atoms with Crippen molar-refractivity contribution in [1.82, 2.24) is 10.3 Å². The summed E-state index contributed by atoms with van der Waals surface area (Å²) < 4.78 is 5.27. The number of rotatable bonds is 4. The Kier molecular flexibility index (Phi) is 2.96. The van der Waals surface area contributed by atoms with Crippen LogP contribution in [0.5, 0.6) is 0 Å². The van der Waals surface area contributed by atoms with Crippen LogP contribution >= 0.6 is 0 Å². The average molecular weight is 231 g/mol. The largest absolute Gasteiger partial charge is 0.443 e. The first kappa shape index (κ1) is 10.6. The summed E-state index contributed by atoms with van der Waals surface area (Å²) in [4.78, 5) is 4.10. The van der Waals surface area contributed by atoms with Crippen LogP contribution in [0, 0.1) is 0 Å². The highest BCUT2D eigenvalue weighted by Crippen LogP contribution is 2.18. The summed E-state index contributed by atoms with van der Waals surface area (Å²) in [6, 6.07) is 6.73. The van der Waals surface area contributed by atoms with E-state index in [0.717, 1.165) is 23.3 Å². The van der Waals surface area contributed by atoms with Crippen LogP contribution in [0.25, 0.3) is 11.1 Å². The number of nitrogens with one attached hydrogen (secondary N) is 2. The van der Waals surface area contributed by atoms with Gasteiger partial charge in [-0.15, -0.1) is 0 Å². The van der Waals surface area contributed by atoms with Crippen molar-refractivity contribution in [2.75, 3.05) is 18.4 Å². The molecule has 1 saturated heterocycles. The first-order valence-electron chi connectivity index (χ1n) is 6.22. The fourth-order valence-electron chi connectivity index (χ4n) is 2.36. The predicted octanol–water partition coefficient (Wildman–Crippen LogP) is 2.38. The van der Waals surface area contributed by atoms with Crippen LogP contribution < -0.4 is 10.6 Å². The van der Waals surface area contributed by atoms with Gasteiger partial charge in [0, 0.05) is 24.3 Å². The molecule has 0 bridgehead atoms. The summed E-state index contributed by atoms with van der Waals surface area (Å²) in [5.74, 6) is 0. The molecule has 17 heavy (non-hydrogen) atoms. The van der Waals surface area contributed by atoms with Crippen LogP contribution in [0.1, 0.15) is 19.3 Å². The standard InChI is InChI=1S/C13H17N3O/c1-2-10(14-6-1)5-7-15-11-3-4-12-13(8-11)17-9-16-12/h3-4,8-10,14-15H,1-2,5-7H2. The van der Waals surface area contributed by atoms with Crippen molar-refractivity contribution >= 4 is 16.8 Å². The third kappa shape index (κ3) is 2.42. The van der Waals surface area contributed by atoms with E-state index in [2.05, 4.69) is 15.6 Å². The van der Waals surface area contributed by atoms with Crippen molar-refractivity contribution in [2.24, 2.45) is 0 Å². The zero-order valence-electron chi connectivity index (χ0n) is 9.78. The Labute approximate surface area is 100 Å². The average Bonchev–Trinajstić information content (AvgIpc) is 2.98. The molecule has 1 aliphatic rings. The van der Waals surface area contributed by atoms with Crippen molar-refractivity contribution < 1.29 is 4.42 Å². The Morgan fingerprint density at radius 1 is 1.47 bits per heavy atom. The maximum absolute atomic E-state index is 5.27. The summed E-state index contributed by atoms with van der Waals surface area (Å²) in [6.07, 6.45) is 5.28. The van der Waals surface area contributed by atoms with Crippen molar-refractivity contribution in [2.45, 2.75) is 25.3 Å². The van der Waals surface area contributed by atoms with Gasteiger partial charge in [0.15, 0.2) is 12.0 Å². The summed E-state index contributed by atoms with van der Waals surface area (Å²) in [7, 11) is 0. The Morgan fingerprint density at radius 3 is 3.35 bits per heavy atom. The summed E-state index contributed by atoms with van der Waals surface area (Å²) in [5.41, 5.74) is 2.86. The fourth-order valence-corrected chi connectivity index (χ4v) is 2.36. The van der Waals surface area contributed by atoms with Gasteiger partial charge in [0.2, 0.25) is 0 Å². The highest BCUT2D eigenvalue weighted by molar-refractivity contribution is 5.76. The molecule has 4 heteroatoms. The number of benzene rings is 1. The molecule has 2 heterocycles. The van der Waals surface area contributed by atoms with Gasteiger partial charge in [0.25, 0.3) is 0 Å². The Balaban J connectivity index is 1.56. The second-order valence-electron chi connectivity index (χ2n) is 4.54. The molecule has 4 nitrogen and oxygen atoms in total. The van der Waals surface area contributed by atoms with Gasteiger partial charge in [-0.25, -0.2) is 4.98 Å². The van der Waals surface area contributed by atoms with Crippen LogP contribution in [-0.2, 0) is 0 Å². The molecule has 2 aromatic rings. The minimum Gasteiger partial charge on any atom is -0.443 e. The molecule has 1 unspecified atom stereocenters. The third-order valence-electron chi connectivity index (χ3n) is 3.32. The molecule has 3 rings (SSSR count). The van der Waals surface area contributed by atoms with Gasteiger partial charge >= 0.3 is 0 Å². The number of hydrogen-bond acceptors (Lipinski definition) is 4. The zero-order chi connectivity index (χ0) is 11.5. The van der Waals surface area contributed by atoms with Gasteiger partial charge < -0.3 is 15.1 Å². The van der Waals surface area contributed by atoms with Crippen molar-refractivity contribution in [1.29, 1.82) is 0 Å². The van der Waals surface area contributed by atoms with Crippen molar-refractivity contribution in [3.63, 3.8) is 0 Å². The number of aromatic nitrogens is 1. The van der Waals surface area contributed by atoms with Crippen LogP contribution in [0.2, 0.25) is 0 Å². The number of anilines is 1. The molecule has 0 radical (unpaired) electrons. The van der Waals surface area contributed by atoms with Gasteiger partial charge in [0.05, 0.1) is 0 Å². The third-order valence-corrected chi connectivity index (χ3v) is 3.32. The van der Waals surface area contributed by atoms with Crippen molar-refractivity contribution in [3.8, 4) is 0 Å². The summed E-state index contributed by atoms with van der Waals surface area (Å²) >= 11 is 0. The summed E-state index contributed by atoms with van der Waals surface area (Å²) in [5, 5.41) is 6.93. The van der Waals surface area contributed by atoms with Crippen LogP contribution in [-0.4, -0.2) is 24.1 Å². The van der Waals surface area contributed by atoms with Crippen LogP contribution in [0.3, 0.4) is 0 Å². The second-order valence-corrected chi connectivity index (χ2v) is 4.54. The molecule has 1 atom stereocenters. The Hall–Kier alpha value is -1.55. The fraction of sp³-hybridized carbons (Fsp3) is 0.462. The highest BCUT2D eigenvalue weighted by Gasteiger charge is 2.12. The van der Waals surface area contributed by atoms with Gasteiger partial charge in [0.1, 0.15) is 5.52 Å². The maximum atomic E-state index is 5.27. The molecule has 0 spiro atoms. The van der Waals surface area contributed by atoms with Gasteiger partial charge in [-0.3, -0.25) is 0 Å². The quantitative estimate of drug-likeness (QED) is 0.848. The van der Waals surface area contributed by atoms with Crippen LogP contribution in [0.4, 0.5) is 5.69 Å². The lowest BCUT2D eigenvalue weighted by atomic mass is 10.1. The highest BCUT2D eigenvalue weighted by atomic mass is 16.3. The number of nitrogens with zero attached hydrogens (tertiary/aromatic N) is 1. The van der Waals surface area contributed by atoms with E-state index in [1.807, 2.05) is 18.2 Å². The first-order chi connectivity index (χ1) is 8.42. The number of fused-ring (bicyclic) bond motifs is 1. The molecular formula is C13H17N3O. The topological polar surface area (TPSA) is 50.1 Å². The predicted molar refractivity (Wildman–Crippen MR) is 68.1 cm³/mol. The molecule has 90 valence electrons. The van der Waals surface area contributed by atoms with Gasteiger partial charge in [-0.1, -0.05) is 0 Å². The van der Waals surface area contributed by atoms with E-state index in [-0.39, 0.29) is 0 Å². The second kappa shape index (κ2) is 4.75. The van der Waals surface area contributed by atoms with E-state index in [1.165, 1.54) is 32.2 Å². The SMILES string of the molecule is c1nc2ccc(NCCC3CCCN3)cc2o1. The van der Waals surface area contributed by atoms with E-state index < -0.39 is 0 Å². The maximum Gasteiger partial charge on any atom is 0.181 e. The lowest BCUT2D eigenvalue weighted by Crippen LogP contribution is -2.24. The lowest BCUT2D eigenvalue weighted by molar-refractivity contribution is 0.574. The number of hydrogen-bond donors (Lipinski definition) is 2. The van der Waals surface area contributed by atoms with E-state index >= 15 is 0 Å². The molecule has 1 aliphatic heterocycles. The van der Waals surface area contributed by atoms with Gasteiger partial charge in [-0.05, 0) is 37.9 Å². The van der Waals surface area contributed by atoms with E-state index in [4.69, 9.17) is 4.42 Å². The minimum absolute atomic E-state index is 0.691. The first-order valence-corrected chi connectivity index (χ1v) is 6.22. The molecular weight excluding hydrogens is 214 g/mol. The van der Waals surface area contributed by atoms with E-state index in [1.54, 1.807) is 0 Å². The molecule has 1 aromatic carbocycles. The molecule has 2 N–H and O–H groups in total. The van der Waals surface area contributed by atoms with E-state index in [0.29, 0.717) is 6.04 Å². The number of oxazole rings is 1. The molecule has 1 aromatic heterocycles. The van der Waals surface area contributed by atoms with E-state index in [9.17, 15) is 0 Å². The monoisotopic (exact) mass is 231 g/mol. The lowest BCUT2D eigenvalue weighted by Gasteiger charge is -2.11. The smallest absolute Gasteiger partial charge is 0.181 e. The minimum atomic E-state index is 0.691. The van der Waals surface area contributed by atoms with Crippen molar-refractivity contribution in [3.05, 3.63) is 24.6 Å². The molecule has 0 saturated carbocycles. The Morgan fingerprint density at radius 2 is 2.47 bits per heavy atom. The van der Waals surface area contributed by atoms with Gasteiger partial charge in [-0.2, -0.15) is 0 Å². The summed E-state index contributed by atoms with van der Waals surface area (Å²) in [6.45, 7) is 2.17. The Bertz CT molecular complexity index is 488. The molecule has 0 amide bonds. The molecule has 0 aliphatic carbocycles. The molecule has 1 fully saturated rings.